The largest absolute Gasteiger partial charge is 0.455 e. The number of ether oxygens (including phenoxy) is 1. The molecule has 0 aliphatic carbocycles. The van der Waals surface area contributed by atoms with E-state index in [0.29, 0.717) is 5.92 Å². The lowest BCUT2D eigenvalue weighted by atomic mass is 9.84. The van der Waals surface area contributed by atoms with E-state index in [4.69, 9.17) is 4.74 Å². The van der Waals surface area contributed by atoms with Gasteiger partial charge in [0.2, 0.25) is 5.69 Å². The first-order chi connectivity index (χ1) is 15.5. The Balaban J connectivity index is 1.85. The van der Waals surface area contributed by atoms with Gasteiger partial charge in [-0.3, -0.25) is 0 Å². The summed E-state index contributed by atoms with van der Waals surface area (Å²) >= 11 is 0. The van der Waals surface area contributed by atoms with Gasteiger partial charge in [0.1, 0.15) is 18.5 Å². The number of hydrogen-bond acceptors (Lipinski definition) is 1. The van der Waals surface area contributed by atoms with Gasteiger partial charge in [-0.1, -0.05) is 58.9 Å². The van der Waals surface area contributed by atoms with Crippen LogP contribution >= 0.6 is 0 Å². The predicted octanol–water partition coefficient (Wildman–Crippen LogP) is 7.99. The molecule has 0 unspecified atom stereocenters. The van der Waals surface area contributed by atoms with E-state index in [-0.39, 0.29) is 5.41 Å². The third-order valence-corrected chi connectivity index (χ3v) is 6.94. The van der Waals surface area contributed by atoms with Crippen molar-refractivity contribution in [3.63, 3.8) is 0 Å². The van der Waals surface area contributed by atoms with Crippen LogP contribution in [0.2, 0.25) is 0 Å². The maximum Gasteiger partial charge on any atom is 0.228 e. The standard InChI is InChI=1S/C31H36NO/c1-18(2)14-22-10-9-11-24-19(3)27-29-28-23(12-13-32(29)8)15-21(17-31(5,6)7)16-25(28)33-30(27)20(4)26(22)24/h9-13,15-16,18H,14,17H2,1-8H3/q+1. The summed E-state index contributed by atoms with van der Waals surface area (Å²) in [6.45, 7) is 16.0. The normalized spacial score (nSPS) is 13.0. The average Bonchev–Trinajstić information content (AvgIpc) is 2.72. The molecular weight excluding hydrogens is 402 g/mol. The van der Waals surface area contributed by atoms with Crippen molar-refractivity contribution in [2.75, 3.05) is 0 Å². The first-order valence-electron chi connectivity index (χ1n) is 12.2. The molecule has 0 fully saturated rings. The summed E-state index contributed by atoms with van der Waals surface area (Å²) in [5.74, 6) is 2.63. The SMILES string of the molecule is Cc1c2c(c(C)c3c(CC(C)C)cccc13)Oc1cc(CC(C)(C)C)cc3cc[n+](C)c-2c13. The van der Waals surface area contributed by atoms with E-state index in [1.807, 2.05) is 0 Å². The van der Waals surface area contributed by atoms with Gasteiger partial charge in [-0.2, -0.15) is 0 Å². The van der Waals surface area contributed by atoms with Crippen LogP contribution < -0.4 is 9.30 Å². The number of pyridine rings is 1. The van der Waals surface area contributed by atoms with E-state index in [1.54, 1.807) is 0 Å². The Morgan fingerprint density at radius 2 is 1.73 bits per heavy atom. The van der Waals surface area contributed by atoms with Gasteiger partial charge >= 0.3 is 0 Å². The van der Waals surface area contributed by atoms with Gasteiger partial charge < -0.3 is 4.74 Å². The second kappa shape index (κ2) is 7.58. The maximum atomic E-state index is 6.83. The smallest absolute Gasteiger partial charge is 0.228 e. The van der Waals surface area contributed by atoms with E-state index in [2.05, 4.69) is 103 Å². The molecule has 1 aliphatic rings. The van der Waals surface area contributed by atoms with Gasteiger partial charge in [0.05, 0.1) is 10.9 Å². The van der Waals surface area contributed by atoms with Gasteiger partial charge in [0.15, 0.2) is 6.20 Å². The van der Waals surface area contributed by atoms with Gasteiger partial charge in [0, 0.05) is 11.6 Å². The van der Waals surface area contributed by atoms with Crippen LogP contribution in [-0.2, 0) is 19.9 Å². The molecule has 0 saturated heterocycles. The van der Waals surface area contributed by atoms with Crippen molar-refractivity contribution in [2.24, 2.45) is 18.4 Å². The van der Waals surface area contributed by atoms with E-state index < -0.39 is 0 Å². The molecule has 0 atom stereocenters. The number of aromatic nitrogens is 1. The summed E-state index contributed by atoms with van der Waals surface area (Å²) in [6, 6.07) is 13.7. The second-order valence-electron chi connectivity index (χ2n) is 11.6. The molecule has 5 rings (SSSR count). The fraction of sp³-hybridized carbons (Fsp3) is 0.387. The molecule has 33 heavy (non-hydrogen) atoms. The van der Waals surface area contributed by atoms with Crippen LogP contribution in [0.25, 0.3) is 32.8 Å². The van der Waals surface area contributed by atoms with Crippen molar-refractivity contribution in [1.29, 1.82) is 0 Å². The van der Waals surface area contributed by atoms with E-state index in [1.165, 1.54) is 55.1 Å². The minimum atomic E-state index is 0.226. The van der Waals surface area contributed by atoms with Gasteiger partial charge in [-0.25, -0.2) is 4.57 Å². The summed E-state index contributed by atoms with van der Waals surface area (Å²) in [5.41, 5.74) is 8.06. The van der Waals surface area contributed by atoms with Crippen LogP contribution in [0.15, 0.2) is 42.6 Å². The summed E-state index contributed by atoms with van der Waals surface area (Å²) in [4.78, 5) is 0. The van der Waals surface area contributed by atoms with Crippen molar-refractivity contribution in [1.82, 2.24) is 0 Å². The zero-order valence-electron chi connectivity index (χ0n) is 21.4. The highest BCUT2D eigenvalue weighted by atomic mass is 16.5. The maximum absolute atomic E-state index is 6.83. The summed E-state index contributed by atoms with van der Waals surface area (Å²) in [7, 11) is 2.16. The lowest BCUT2D eigenvalue weighted by molar-refractivity contribution is -0.659. The molecule has 1 aromatic heterocycles. The third-order valence-electron chi connectivity index (χ3n) is 6.94. The molecule has 2 nitrogen and oxygen atoms in total. The fourth-order valence-electron chi connectivity index (χ4n) is 5.71. The zero-order chi connectivity index (χ0) is 23.7. The lowest BCUT2D eigenvalue weighted by Gasteiger charge is -2.26. The number of hydrogen-bond donors (Lipinski definition) is 0. The van der Waals surface area contributed by atoms with Crippen LogP contribution in [0.4, 0.5) is 0 Å². The monoisotopic (exact) mass is 438 g/mol. The first-order valence-corrected chi connectivity index (χ1v) is 12.2. The minimum Gasteiger partial charge on any atom is -0.455 e. The Morgan fingerprint density at radius 1 is 0.970 bits per heavy atom. The number of nitrogens with zero attached hydrogens (tertiary/aromatic N) is 1. The Kier molecular flexibility index (Phi) is 5.04. The van der Waals surface area contributed by atoms with Crippen molar-refractivity contribution in [3.05, 3.63) is 64.8 Å². The van der Waals surface area contributed by atoms with Crippen LogP contribution in [0.3, 0.4) is 0 Å². The Morgan fingerprint density at radius 3 is 2.42 bits per heavy atom. The van der Waals surface area contributed by atoms with E-state index in [0.717, 1.165) is 24.3 Å². The minimum absolute atomic E-state index is 0.226. The fourth-order valence-corrected chi connectivity index (χ4v) is 5.71. The van der Waals surface area contributed by atoms with Crippen molar-refractivity contribution in [2.45, 2.75) is 61.3 Å². The number of benzene rings is 3. The second-order valence-corrected chi connectivity index (χ2v) is 11.6. The Bertz CT molecular complexity index is 1420. The topological polar surface area (TPSA) is 13.1 Å². The first kappa shape index (κ1) is 21.9. The molecule has 3 aromatic carbocycles. The zero-order valence-corrected chi connectivity index (χ0v) is 21.4. The number of aryl methyl sites for hydroxylation is 3. The molecular formula is C31H36NO+. The molecule has 0 amide bonds. The molecule has 1 aliphatic heterocycles. The van der Waals surface area contributed by atoms with Crippen LogP contribution in [-0.4, -0.2) is 0 Å². The predicted molar refractivity (Wildman–Crippen MR) is 139 cm³/mol. The molecule has 0 N–H and O–H groups in total. The van der Waals surface area contributed by atoms with Crippen molar-refractivity contribution in [3.8, 4) is 22.8 Å². The quantitative estimate of drug-likeness (QED) is 0.260. The summed E-state index contributed by atoms with van der Waals surface area (Å²) in [6.07, 6.45) is 4.30. The molecule has 2 heteroatoms. The molecule has 170 valence electrons. The molecule has 4 aromatic rings. The van der Waals surface area contributed by atoms with Gasteiger partial charge in [0.25, 0.3) is 0 Å². The Labute approximate surface area is 198 Å². The summed E-state index contributed by atoms with van der Waals surface area (Å²) in [5, 5.41) is 5.20. The Hall–Kier alpha value is -2.87. The van der Waals surface area contributed by atoms with Crippen LogP contribution in [0.5, 0.6) is 11.5 Å². The highest BCUT2D eigenvalue weighted by Gasteiger charge is 2.32. The van der Waals surface area contributed by atoms with Gasteiger partial charge in [-0.05, 0) is 76.9 Å². The van der Waals surface area contributed by atoms with Crippen LogP contribution in [0.1, 0.15) is 56.9 Å². The molecule has 0 spiro atoms. The summed E-state index contributed by atoms with van der Waals surface area (Å²) < 4.78 is 9.10. The molecule has 0 bridgehead atoms. The van der Waals surface area contributed by atoms with E-state index in [9.17, 15) is 0 Å². The highest BCUT2D eigenvalue weighted by Crippen LogP contribution is 2.51. The number of rotatable bonds is 3. The van der Waals surface area contributed by atoms with Crippen molar-refractivity contribution >= 4 is 21.5 Å². The van der Waals surface area contributed by atoms with Crippen molar-refractivity contribution < 1.29 is 9.30 Å². The average molecular weight is 439 g/mol. The number of fused-ring (bicyclic) bond motifs is 3. The lowest BCUT2D eigenvalue weighted by Crippen LogP contribution is -2.32. The highest BCUT2D eigenvalue weighted by molar-refractivity contribution is 6.07. The molecule has 2 heterocycles. The molecule has 0 radical (unpaired) electrons. The molecule has 0 saturated carbocycles. The van der Waals surface area contributed by atoms with Crippen LogP contribution in [0, 0.1) is 25.2 Å². The third kappa shape index (κ3) is 3.60. The van der Waals surface area contributed by atoms with E-state index >= 15 is 0 Å². The van der Waals surface area contributed by atoms with Gasteiger partial charge in [-0.15, -0.1) is 0 Å².